The summed E-state index contributed by atoms with van der Waals surface area (Å²) in [5.41, 5.74) is 0. The number of nitrogens with zero attached hydrogens (tertiary/aromatic N) is 2. The molecular weight excluding hydrogens is 168 g/mol. The van der Waals surface area contributed by atoms with Crippen molar-refractivity contribution in [2.24, 2.45) is 0 Å². The molecule has 0 aliphatic rings. The highest BCUT2D eigenvalue weighted by molar-refractivity contribution is 7.80. The van der Waals surface area contributed by atoms with Gasteiger partial charge in [-0.3, -0.25) is 0 Å². The van der Waals surface area contributed by atoms with Crippen molar-refractivity contribution in [3.63, 3.8) is 0 Å². The molecule has 0 fully saturated rings. The normalized spacial score (nSPS) is 10.4. The molecular formula is C9H16N2S. The summed E-state index contributed by atoms with van der Waals surface area (Å²) in [6.07, 6.45) is 10.8. The van der Waals surface area contributed by atoms with Gasteiger partial charge < -0.3 is 4.57 Å². The van der Waals surface area contributed by atoms with Crippen molar-refractivity contribution in [2.75, 3.05) is 5.75 Å². The Kier molecular flexibility index (Phi) is 4.92. The summed E-state index contributed by atoms with van der Waals surface area (Å²) in [6, 6.07) is 0. The zero-order valence-electron chi connectivity index (χ0n) is 7.32. The van der Waals surface area contributed by atoms with Gasteiger partial charge in [0.05, 0.1) is 6.33 Å². The van der Waals surface area contributed by atoms with Crippen LogP contribution in [0.25, 0.3) is 0 Å². The molecule has 0 aromatic carbocycles. The summed E-state index contributed by atoms with van der Waals surface area (Å²) in [5, 5.41) is 0. The predicted molar refractivity (Wildman–Crippen MR) is 54.5 cm³/mol. The van der Waals surface area contributed by atoms with Gasteiger partial charge in [0.1, 0.15) is 0 Å². The van der Waals surface area contributed by atoms with Crippen molar-refractivity contribution in [2.45, 2.75) is 32.2 Å². The van der Waals surface area contributed by atoms with Crippen LogP contribution in [0.1, 0.15) is 25.7 Å². The van der Waals surface area contributed by atoms with Crippen molar-refractivity contribution >= 4 is 12.6 Å². The summed E-state index contributed by atoms with van der Waals surface area (Å²) in [5.74, 6) is 1.02. The molecule has 1 heterocycles. The molecule has 0 atom stereocenters. The first kappa shape index (κ1) is 9.65. The number of aromatic nitrogens is 2. The van der Waals surface area contributed by atoms with Gasteiger partial charge in [-0.15, -0.1) is 0 Å². The lowest BCUT2D eigenvalue weighted by atomic mass is 10.2. The maximum atomic E-state index is 4.17. The molecule has 0 bridgehead atoms. The molecule has 0 saturated heterocycles. The van der Waals surface area contributed by atoms with Crippen LogP contribution in [0.4, 0.5) is 0 Å². The van der Waals surface area contributed by atoms with Crippen LogP contribution >= 0.6 is 12.6 Å². The van der Waals surface area contributed by atoms with Crippen LogP contribution in [0.2, 0.25) is 0 Å². The lowest BCUT2D eigenvalue weighted by Crippen LogP contribution is -1.93. The van der Waals surface area contributed by atoms with Crippen LogP contribution in [0, 0.1) is 0 Å². The Morgan fingerprint density at radius 1 is 1.17 bits per heavy atom. The topological polar surface area (TPSA) is 17.8 Å². The molecule has 1 aromatic heterocycles. The number of imidazole rings is 1. The smallest absolute Gasteiger partial charge is 0.0945 e. The number of hydrogen-bond acceptors (Lipinski definition) is 2. The highest BCUT2D eigenvalue weighted by atomic mass is 32.1. The molecule has 0 radical (unpaired) electrons. The van der Waals surface area contributed by atoms with Crippen LogP contribution in [0.5, 0.6) is 0 Å². The van der Waals surface area contributed by atoms with E-state index in [9.17, 15) is 0 Å². The fourth-order valence-electron chi connectivity index (χ4n) is 1.18. The van der Waals surface area contributed by atoms with E-state index in [1.165, 1.54) is 25.7 Å². The van der Waals surface area contributed by atoms with Gasteiger partial charge >= 0.3 is 0 Å². The summed E-state index contributed by atoms with van der Waals surface area (Å²) in [7, 11) is 0. The summed E-state index contributed by atoms with van der Waals surface area (Å²) < 4.78 is 2.13. The minimum atomic E-state index is 1.02. The average molecular weight is 184 g/mol. The van der Waals surface area contributed by atoms with Crippen molar-refractivity contribution < 1.29 is 0 Å². The van der Waals surface area contributed by atoms with E-state index in [2.05, 4.69) is 22.2 Å². The summed E-state index contributed by atoms with van der Waals surface area (Å²) >= 11 is 4.17. The van der Waals surface area contributed by atoms with E-state index in [4.69, 9.17) is 0 Å². The second-order valence-electron chi connectivity index (χ2n) is 2.94. The predicted octanol–water partition coefficient (Wildman–Crippen LogP) is 2.37. The van der Waals surface area contributed by atoms with Crippen molar-refractivity contribution in [1.29, 1.82) is 0 Å². The van der Waals surface area contributed by atoms with E-state index in [0.29, 0.717) is 0 Å². The number of hydrogen-bond donors (Lipinski definition) is 1. The van der Waals surface area contributed by atoms with Crippen LogP contribution in [-0.4, -0.2) is 15.3 Å². The van der Waals surface area contributed by atoms with Crippen LogP contribution in [0.15, 0.2) is 18.7 Å². The fourth-order valence-corrected chi connectivity index (χ4v) is 1.40. The molecule has 0 N–H and O–H groups in total. The van der Waals surface area contributed by atoms with Gasteiger partial charge in [-0.25, -0.2) is 4.98 Å². The quantitative estimate of drug-likeness (QED) is 0.531. The average Bonchev–Trinajstić information content (AvgIpc) is 2.57. The number of rotatable bonds is 6. The third kappa shape index (κ3) is 3.81. The molecule has 0 aliphatic carbocycles. The third-order valence-electron chi connectivity index (χ3n) is 1.88. The second-order valence-corrected chi connectivity index (χ2v) is 3.39. The van der Waals surface area contributed by atoms with E-state index in [0.717, 1.165) is 12.3 Å². The van der Waals surface area contributed by atoms with Gasteiger partial charge in [-0.1, -0.05) is 12.8 Å². The van der Waals surface area contributed by atoms with Crippen molar-refractivity contribution in [1.82, 2.24) is 9.55 Å². The van der Waals surface area contributed by atoms with Crippen LogP contribution < -0.4 is 0 Å². The van der Waals surface area contributed by atoms with E-state index >= 15 is 0 Å². The minimum Gasteiger partial charge on any atom is -0.337 e. The molecule has 0 amide bonds. The Balaban J connectivity index is 1.96. The molecule has 1 aromatic rings. The standard InChI is InChI=1S/C9H16N2S/c12-8-4-2-1-3-6-11-7-5-10-9-11/h5,7,9,12H,1-4,6,8H2. The second kappa shape index (κ2) is 6.12. The number of aryl methyl sites for hydroxylation is 1. The van der Waals surface area contributed by atoms with Gasteiger partial charge in [0.15, 0.2) is 0 Å². The highest BCUT2D eigenvalue weighted by Crippen LogP contribution is 2.02. The largest absolute Gasteiger partial charge is 0.337 e. The number of thiol groups is 1. The summed E-state index contributed by atoms with van der Waals surface area (Å²) in [4.78, 5) is 3.99. The molecule has 3 heteroatoms. The molecule has 2 nitrogen and oxygen atoms in total. The zero-order chi connectivity index (χ0) is 8.65. The lowest BCUT2D eigenvalue weighted by molar-refractivity contribution is 0.584. The van der Waals surface area contributed by atoms with Gasteiger partial charge in [-0.2, -0.15) is 12.6 Å². The van der Waals surface area contributed by atoms with Crippen molar-refractivity contribution in [3.05, 3.63) is 18.7 Å². The minimum absolute atomic E-state index is 1.02. The first-order chi connectivity index (χ1) is 5.93. The molecule has 12 heavy (non-hydrogen) atoms. The zero-order valence-corrected chi connectivity index (χ0v) is 8.21. The van der Waals surface area contributed by atoms with Gasteiger partial charge in [-0.05, 0) is 18.6 Å². The third-order valence-corrected chi connectivity index (χ3v) is 2.20. The Morgan fingerprint density at radius 3 is 2.67 bits per heavy atom. The number of unbranched alkanes of at least 4 members (excludes halogenated alkanes) is 3. The molecule has 0 aliphatic heterocycles. The van der Waals surface area contributed by atoms with Gasteiger partial charge in [0, 0.05) is 18.9 Å². The van der Waals surface area contributed by atoms with E-state index in [1.54, 1.807) is 0 Å². The van der Waals surface area contributed by atoms with E-state index in [1.807, 2.05) is 18.7 Å². The molecule has 0 unspecified atom stereocenters. The molecule has 1 rings (SSSR count). The first-order valence-corrected chi connectivity index (χ1v) is 5.13. The lowest BCUT2D eigenvalue weighted by Gasteiger charge is -2.00. The molecule has 0 saturated carbocycles. The Hall–Kier alpha value is -0.440. The Bertz CT molecular complexity index is 184. The van der Waals surface area contributed by atoms with Crippen molar-refractivity contribution in [3.8, 4) is 0 Å². The fraction of sp³-hybridized carbons (Fsp3) is 0.667. The van der Waals surface area contributed by atoms with Gasteiger partial charge in [0.25, 0.3) is 0 Å². The molecule has 68 valence electrons. The maximum absolute atomic E-state index is 4.17. The van der Waals surface area contributed by atoms with Crippen LogP contribution in [0.3, 0.4) is 0 Å². The highest BCUT2D eigenvalue weighted by Gasteiger charge is 1.90. The molecule has 0 spiro atoms. The monoisotopic (exact) mass is 184 g/mol. The van der Waals surface area contributed by atoms with Gasteiger partial charge in [0.2, 0.25) is 0 Å². The maximum Gasteiger partial charge on any atom is 0.0945 e. The van der Waals surface area contributed by atoms with Crippen LogP contribution in [-0.2, 0) is 6.54 Å². The Morgan fingerprint density at radius 2 is 2.00 bits per heavy atom. The Labute approximate surface area is 79.4 Å². The first-order valence-electron chi connectivity index (χ1n) is 4.50. The van der Waals surface area contributed by atoms with E-state index in [-0.39, 0.29) is 0 Å². The summed E-state index contributed by atoms with van der Waals surface area (Å²) in [6.45, 7) is 1.10. The van der Waals surface area contributed by atoms with E-state index < -0.39 is 0 Å². The SMILES string of the molecule is SCCCCCCn1ccnc1.